The molecule has 0 bridgehead atoms. The van der Waals surface area contributed by atoms with Gasteiger partial charge in [-0.05, 0) is 63.0 Å². The lowest BCUT2D eigenvalue weighted by molar-refractivity contribution is -0.0930. The van der Waals surface area contributed by atoms with Crippen LogP contribution >= 0.6 is 0 Å². The van der Waals surface area contributed by atoms with Gasteiger partial charge in [0.2, 0.25) is 0 Å². The summed E-state index contributed by atoms with van der Waals surface area (Å²) in [4.78, 5) is 4.23. The van der Waals surface area contributed by atoms with E-state index in [1.54, 1.807) is 0 Å². The van der Waals surface area contributed by atoms with Gasteiger partial charge in [0.05, 0.1) is 11.2 Å². The van der Waals surface area contributed by atoms with E-state index in [9.17, 15) is 0 Å². The van der Waals surface area contributed by atoms with Crippen molar-refractivity contribution in [3.05, 3.63) is 30.1 Å². The molecule has 1 aliphatic rings. The second-order valence-corrected chi connectivity index (χ2v) is 7.60. The molecule has 3 atom stereocenters. The van der Waals surface area contributed by atoms with Crippen LogP contribution in [0.1, 0.15) is 65.9 Å². The van der Waals surface area contributed by atoms with E-state index in [4.69, 9.17) is 4.74 Å². The summed E-state index contributed by atoms with van der Waals surface area (Å²) in [5.74, 6) is 1.78. The standard InChI is InChI=1S/C18H29NO/c1-13(2)16-11-18(6,20-17(16,4)5)10-14(3)15-8-7-9-19-12-15/h7-9,12-14,16H,10-11H2,1-6H3. The van der Waals surface area contributed by atoms with Crippen LogP contribution in [0.25, 0.3) is 0 Å². The van der Waals surface area contributed by atoms with Gasteiger partial charge in [-0.2, -0.15) is 0 Å². The predicted molar refractivity (Wildman–Crippen MR) is 83.8 cm³/mol. The van der Waals surface area contributed by atoms with Gasteiger partial charge in [0.15, 0.2) is 0 Å². The zero-order valence-electron chi connectivity index (χ0n) is 13.8. The van der Waals surface area contributed by atoms with Crippen molar-refractivity contribution in [2.45, 2.75) is 71.5 Å². The molecule has 0 aromatic carbocycles. The Balaban J connectivity index is 2.10. The van der Waals surface area contributed by atoms with Crippen molar-refractivity contribution in [2.75, 3.05) is 0 Å². The minimum atomic E-state index is -0.0201. The SMILES string of the molecule is CC(CC1(C)CC(C(C)C)C(C)(C)O1)c1cccnc1. The first kappa shape index (κ1) is 15.5. The van der Waals surface area contributed by atoms with Gasteiger partial charge in [-0.1, -0.05) is 26.8 Å². The van der Waals surface area contributed by atoms with E-state index >= 15 is 0 Å². The van der Waals surface area contributed by atoms with Crippen molar-refractivity contribution in [1.29, 1.82) is 0 Å². The molecular weight excluding hydrogens is 246 g/mol. The van der Waals surface area contributed by atoms with Crippen molar-refractivity contribution >= 4 is 0 Å². The Morgan fingerprint density at radius 3 is 2.50 bits per heavy atom. The summed E-state index contributed by atoms with van der Waals surface area (Å²) >= 11 is 0. The van der Waals surface area contributed by atoms with Crippen molar-refractivity contribution in [2.24, 2.45) is 11.8 Å². The molecule has 112 valence electrons. The van der Waals surface area contributed by atoms with E-state index in [-0.39, 0.29) is 11.2 Å². The lowest BCUT2D eigenvalue weighted by Gasteiger charge is -2.31. The third kappa shape index (κ3) is 3.22. The second kappa shape index (κ2) is 5.48. The molecule has 2 rings (SSSR count). The first-order valence-corrected chi connectivity index (χ1v) is 7.84. The molecule has 0 amide bonds. The van der Waals surface area contributed by atoms with Crippen molar-refractivity contribution in [1.82, 2.24) is 4.98 Å². The Hall–Kier alpha value is -0.890. The lowest BCUT2D eigenvalue weighted by atomic mass is 9.77. The van der Waals surface area contributed by atoms with Crippen molar-refractivity contribution in [3.8, 4) is 0 Å². The van der Waals surface area contributed by atoms with Gasteiger partial charge in [0.25, 0.3) is 0 Å². The predicted octanol–water partition coefficient (Wildman–Crippen LogP) is 4.81. The van der Waals surface area contributed by atoms with E-state index in [0.29, 0.717) is 17.8 Å². The lowest BCUT2D eigenvalue weighted by Crippen LogP contribution is -2.33. The van der Waals surface area contributed by atoms with Crippen molar-refractivity contribution < 1.29 is 4.74 Å². The molecule has 1 aromatic heterocycles. The van der Waals surface area contributed by atoms with Crippen LogP contribution in [0.4, 0.5) is 0 Å². The number of aromatic nitrogens is 1. The Bertz CT molecular complexity index is 440. The van der Waals surface area contributed by atoms with Crippen LogP contribution in [0.2, 0.25) is 0 Å². The molecular formula is C18H29NO. The van der Waals surface area contributed by atoms with E-state index in [1.807, 2.05) is 18.5 Å². The van der Waals surface area contributed by atoms with Gasteiger partial charge in [-0.15, -0.1) is 0 Å². The smallest absolute Gasteiger partial charge is 0.0671 e. The molecule has 0 saturated carbocycles. The van der Waals surface area contributed by atoms with E-state index in [2.05, 4.69) is 52.6 Å². The second-order valence-electron chi connectivity index (χ2n) is 7.60. The molecule has 0 aliphatic carbocycles. The quantitative estimate of drug-likeness (QED) is 0.787. The Morgan fingerprint density at radius 1 is 1.30 bits per heavy atom. The third-order valence-electron chi connectivity index (χ3n) is 4.85. The highest BCUT2D eigenvalue weighted by atomic mass is 16.5. The largest absolute Gasteiger partial charge is 0.369 e. The highest BCUT2D eigenvalue weighted by Crippen LogP contribution is 2.48. The number of pyridine rings is 1. The fourth-order valence-electron chi connectivity index (χ4n) is 4.06. The van der Waals surface area contributed by atoms with Gasteiger partial charge in [0.1, 0.15) is 0 Å². The Labute approximate surface area is 124 Å². The van der Waals surface area contributed by atoms with Crippen LogP contribution < -0.4 is 0 Å². The van der Waals surface area contributed by atoms with Crippen LogP contribution in [0.15, 0.2) is 24.5 Å². The van der Waals surface area contributed by atoms with Gasteiger partial charge in [-0.25, -0.2) is 0 Å². The molecule has 0 N–H and O–H groups in total. The minimum Gasteiger partial charge on any atom is -0.369 e. The summed E-state index contributed by atoms with van der Waals surface area (Å²) in [6.45, 7) is 13.7. The summed E-state index contributed by atoms with van der Waals surface area (Å²) in [7, 11) is 0. The minimum absolute atomic E-state index is 0.0163. The summed E-state index contributed by atoms with van der Waals surface area (Å²) in [5.41, 5.74) is 1.27. The zero-order chi connectivity index (χ0) is 15.0. The molecule has 20 heavy (non-hydrogen) atoms. The Morgan fingerprint density at radius 2 is 2.00 bits per heavy atom. The molecule has 2 heteroatoms. The molecule has 1 fully saturated rings. The summed E-state index contributed by atoms with van der Waals surface area (Å²) in [5, 5.41) is 0. The molecule has 1 aromatic rings. The average molecular weight is 275 g/mol. The Kier molecular flexibility index (Phi) is 4.24. The van der Waals surface area contributed by atoms with E-state index in [0.717, 1.165) is 12.8 Å². The maximum absolute atomic E-state index is 6.48. The number of nitrogens with zero attached hydrogens (tertiary/aromatic N) is 1. The first-order chi connectivity index (χ1) is 9.23. The van der Waals surface area contributed by atoms with Crippen LogP contribution in [-0.4, -0.2) is 16.2 Å². The number of rotatable bonds is 4. The fraction of sp³-hybridized carbons (Fsp3) is 0.722. The van der Waals surface area contributed by atoms with Crippen LogP contribution in [0, 0.1) is 11.8 Å². The molecule has 3 unspecified atom stereocenters. The van der Waals surface area contributed by atoms with Crippen LogP contribution in [0.5, 0.6) is 0 Å². The topological polar surface area (TPSA) is 22.1 Å². The average Bonchev–Trinajstić information content (AvgIpc) is 2.60. The maximum atomic E-state index is 6.48. The van der Waals surface area contributed by atoms with Crippen LogP contribution in [-0.2, 0) is 4.74 Å². The monoisotopic (exact) mass is 275 g/mol. The highest BCUT2D eigenvalue weighted by Gasteiger charge is 2.49. The van der Waals surface area contributed by atoms with Gasteiger partial charge >= 0.3 is 0 Å². The maximum Gasteiger partial charge on any atom is 0.0671 e. The molecule has 2 nitrogen and oxygen atoms in total. The number of hydrogen-bond acceptors (Lipinski definition) is 2. The molecule has 0 spiro atoms. The van der Waals surface area contributed by atoms with Gasteiger partial charge in [0, 0.05) is 12.4 Å². The number of hydrogen-bond donors (Lipinski definition) is 0. The number of ether oxygens (including phenoxy) is 1. The highest BCUT2D eigenvalue weighted by molar-refractivity contribution is 5.15. The van der Waals surface area contributed by atoms with E-state index < -0.39 is 0 Å². The van der Waals surface area contributed by atoms with Crippen LogP contribution in [0.3, 0.4) is 0 Å². The third-order valence-corrected chi connectivity index (χ3v) is 4.85. The summed E-state index contributed by atoms with van der Waals surface area (Å²) in [6, 6.07) is 4.19. The molecule has 0 radical (unpaired) electrons. The molecule has 1 aliphatic heterocycles. The van der Waals surface area contributed by atoms with Crippen molar-refractivity contribution in [3.63, 3.8) is 0 Å². The zero-order valence-corrected chi connectivity index (χ0v) is 13.8. The first-order valence-electron chi connectivity index (χ1n) is 7.84. The molecule has 2 heterocycles. The van der Waals surface area contributed by atoms with E-state index in [1.165, 1.54) is 5.56 Å². The fourth-order valence-corrected chi connectivity index (χ4v) is 4.06. The summed E-state index contributed by atoms with van der Waals surface area (Å²) in [6.07, 6.45) is 6.03. The normalized spacial score (nSPS) is 30.6. The molecule has 1 saturated heterocycles. The van der Waals surface area contributed by atoms with Gasteiger partial charge < -0.3 is 4.74 Å². The van der Waals surface area contributed by atoms with Gasteiger partial charge in [-0.3, -0.25) is 4.98 Å². The summed E-state index contributed by atoms with van der Waals surface area (Å²) < 4.78 is 6.48.